The SMILES string of the molecule is CCCn1nnnc1SCC(=O)NC1CCCC1. The minimum atomic E-state index is 0.0814. The van der Waals surface area contributed by atoms with Gasteiger partial charge < -0.3 is 5.32 Å². The van der Waals surface area contributed by atoms with Gasteiger partial charge in [0.25, 0.3) is 0 Å². The van der Waals surface area contributed by atoms with E-state index in [1.54, 1.807) is 4.68 Å². The summed E-state index contributed by atoms with van der Waals surface area (Å²) in [6.45, 7) is 2.86. The van der Waals surface area contributed by atoms with Crippen molar-refractivity contribution in [3.05, 3.63) is 0 Å². The monoisotopic (exact) mass is 269 g/mol. The van der Waals surface area contributed by atoms with Crippen LogP contribution in [0.5, 0.6) is 0 Å². The van der Waals surface area contributed by atoms with E-state index in [1.807, 2.05) is 0 Å². The van der Waals surface area contributed by atoms with Gasteiger partial charge in [-0.25, -0.2) is 4.68 Å². The van der Waals surface area contributed by atoms with Crippen LogP contribution in [-0.2, 0) is 11.3 Å². The van der Waals surface area contributed by atoms with Crippen molar-refractivity contribution >= 4 is 17.7 Å². The molecule has 1 aromatic rings. The maximum atomic E-state index is 11.8. The highest BCUT2D eigenvalue weighted by Gasteiger charge is 2.17. The summed E-state index contributed by atoms with van der Waals surface area (Å²) in [4.78, 5) is 11.8. The van der Waals surface area contributed by atoms with Crippen molar-refractivity contribution in [1.29, 1.82) is 0 Å². The summed E-state index contributed by atoms with van der Waals surface area (Å²) >= 11 is 1.40. The summed E-state index contributed by atoms with van der Waals surface area (Å²) in [6.07, 6.45) is 5.67. The van der Waals surface area contributed by atoms with Crippen LogP contribution in [-0.4, -0.2) is 37.9 Å². The number of nitrogens with zero attached hydrogens (tertiary/aromatic N) is 4. The molecule has 0 unspecified atom stereocenters. The smallest absolute Gasteiger partial charge is 0.230 e. The van der Waals surface area contributed by atoms with Crippen molar-refractivity contribution in [3.63, 3.8) is 0 Å². The zero-order valence-corrected chi connectivity index (χ0v) is 11.4. The van der Waals surface area contributed by atoms with E-state index in [1.165, 1.54) is 24.6 Å². The Morgan fingerprint density at radius 2 is 2.28 bits per heavy atom. The predicted octanol–water partition coefficient (Wildman–Crippen LogP) is 1.23. The summed E-state index contributed by atoms with van der Waals surface area (Å²) in [5, 5.41) is 15.2. The molecule has 0 spiro atoms. The number of carbonyl (C=O) groups is 1. The molecule has 1 heterocycles. The molecular weight excluding hydrogens is 250 g/mol. The largest absolute Gasteiger partial charge is 0.353 e. The van der Waals surface area contributed by atoms with E-state index >= 15 is 0 Å². The lowest BCUT2D eigenvalue weighted by atomic mass is 10.2. The van der Waals surface area contributed by atoms with Crippen molar-refractivity contribution in [2.75, 3.05) is 5.75 Å². The van der Waals surface area contributed by atoms with Gasteiger partial charge in [-0.3, -0.25) is 4.79 Å². The number of hydrogen-bond donors (Lipinski definition) is 1. The number of tetrazole rings is 1. The molecule has 1 amide bonds. The highest BCUT2D eigenvalue weighted by Crippen LogP contribution is 2.18. The number of hydrogen-bond acceptors (Lipinski definition) is 5. The fourth-order valence-corrected chi connectivity index (χ4v) is 2.84. The first-order chi connectivity index (χ1) is 8.79. The van der Waals surface area contributed by atoms with Crippen LogP contribution in [0.4, 0.5) is 0 Å². The average molecular weight is 269 g/mol. The lowest BCUT2D eigenvalue weighted by Gasteiger charge is -2.11. The van der Waals surface area contributed by atoms with Gasteiger partial charge in [0.2, 0.25) is 11.1 Å². The Morgan fingerprint density at radius 1 is 1.50 bits per heavy atom. The molecule has 1 N–H and O–H groups in total. The second-order valence-corrected chi connectivity index (χ2v) is 5.46. The van der Waals surface area contributed by atoms with Crippen LogP contribution in [0.15, 0.2) is 5.16 Å². The fourth-order valence-electron chi connectivity index (χ4n) is 2.12. The summed E-state index contributed by atoms with van der Waals surface area (Å²) < 4.78 is 1.74. The van der Waals surface area contributed by atoms with E-state index in [-0.39, 0.29) is 5.91 Å². The van der Waals surface area contributed by atoms with E-state index in [2.05, 4.69) is 27.8 Å². The van der Waals surface area contributed by atoms with Gasteiger partial charge in [-0.15, -0.1) is 5.10 Å². The number of rotatable bonds is 6. The summed E-state index contributed by atoms with van der Waals surface area (Å²) in [5.74, 6) is 0.471. The molecule has 1 aromatic heterocycles. The second kappa shape index (κ2) is 6.72. The van der Waals surface area contributed by atoms with Crippen LogP contribution in [0.2, 0.25) is 0 Å². The minimum Gasteiger partial charge on any atom is -0.353 e. The number of nitrogens with one attached hydrogen (secondary N) is 1. The predicted molar refractivity (Wildman–Crippen MR) is 69.2 cm³/mol. The zero-order valence-electron chi connectivity index (χ0n) is 10.6. The van der Waals surface area contributed by atoms with Crippen molar-refractivity contribution in [2.45, 2.75) is 56.8 Å². The van der Waals surface area contributed by atoms with Crippen molar-refractivity contribution in [3.8, 4) is 0 Å². The summed E-state index contributed by atoms with van der Waals surface area (Å²) in [6, 6.07) is 0.379. The van der Waals surface area contributed by atoms with E-state index < -0.39 is 0 Å². The molecule has 1 saturated carbocycles. The van der Waals surface area contributed by atoms with Gasteiger partial charge in [-0.1, -0.05) is 31.5 Å². The number of aromatic nitrogens is 4. The first kappa shape index (κ1) is 13.3. The van der Waals surface area contributed by atoms with Crippen molar-refractivity contribution < 1.29 is 4.79 Å². The maximum Gasteiger partial charge on any atom is 0.230 e. The highest BCUT2D eigenvalue weighted by atomic mass is 32.2. The number of thioether (sulfide) groups is 1. The summed E-state index contributed by atoms with van der Waals surface area (Å²) in [5.41, 5.74) is 0. The third-order valence-corrected chi connectivity index (χ3v) is 3.94. The Morgan fingerprint density at radius 3 is 3.00 bits per heavy atom. The Labute approximate surface area is 111 Å². The van der Waals surface area contributed by atoms with E-state index in [0.29, 0.717) is 11.8 Å². The molecule has 1 aliphatic carbocycles. The molecule has 1 fully saturated rings. The molecule has 0 aromatic carbocycles. The Kier molecular flexibility index (Phi) is 4.98. The maximum absolute atomic E-state index is 11.8. The normalized spacial score (nSPS) is 16.1. The van der Waals surface area contributed by atoms with Crippen molar-refractivity contribution in [1.82, 2.24) is 25.5 Å². The molecule has 2 rings (SSSR count). The first-order valence-electron chi connectivity index (χ1n) is 6.48. The zero-order chi connectivity index (χ0) is 12.8. The lowest BCUT2D eigenvalue weighted by Crippen LogP contribution is -2.33. The number of amides is 1. The fraction of sp³-hybridized carbons (Fsp3) is 0.818. The quantitative estimate of drug-likeness (QED) is 0.786. The van der Waals surface area contributed by atoms with Crippen LogP contribution in [0.25, 0.3) is 0 Å². The molecule has 6 nitrogen and oxygen atoms in total. The van der Waals surface area contributed by atoms with E-state index in [4.69, 9.17) is 0 Å². The molecule has 0 bridgehead atoms. The van der Waals surface area contributed by atoms with Gasteiger partial charge in [-0.05, 0) is 29.7 Å². The molecule has 0 radical (unpaired) electrons. The molecular formula is C11H19N5OS. The standard InChI is InChI=1S/C11H19N5OS/c1-2-7-16-11(13-14-15-16)18-8-10(17)12-9-5-3-4-6-9/h9H,2-8H2,1H3,(H,12,17). The second-order valence-electron chi connectivity index (χ2n) is 4.52. The topological polar surface area (TPSA) is 72.7 Å². The van der Waals surface area contributed by atoms with E-state index in [0.717, 1.165) is 31.0 Å². The molecule has 7 heteroatoms. The van der Waals surface area contributed by atoms with Gasteiger partial charge in [0, 0.05) is 12.6 Å². The van der Waals surface area contributed by atoms with Crippen LogP contribution < -0.4 is 5.32 Å². The van der Waals surface area contributed by atoms with Crippen LogP contribution >= 0.6 is 11.8 Å². The third-order valence-electron chi connectivity index (χ3n) is 2.99. The van der Waals surface area contributed by atoms with Gasteiger partial charge in [0.05, 0.1) is 5.75 Å². The summed E-state index contributed by atoms with van der Waals surface area (Å²) in [7, 11) is 0. The molecule has 1 aliphatic rings. The van der Waals surface area contributed by atoms with Gasteiger partial charge in [0.15, 0.2) is 0 Å². The molecule has 0 atom stereocenters. The minimum absolute atomic E-state index is 0.0814. The van der Waals surface area contributed by atoms with Crippen LogP contribution in [0.3, 0.4) is 0 Å². The Bertz CT molecular complexity index is 389. The van der Waals surface area contributed by atoms with Gasteiger partial charge in [0.1, 0.15) is 0 Å². The van der Waals surface area contributed by atoms with E-state index in [9.17, 15) is 4.79 Å². The molecule has 0 aliphatic heterocycles. The third kappa shape index (κ3) is 3.69. The number of aryl methyl sites for hydroxylation is 1. The lowest BCUT2D eigenvalue weighted by molar-refractivity contribution is -0.119. The number of carbonyl (C=O) groups excluding carboxylic acids is 1. The van der Waals surface area contributed by atoms with Gasteiger partial charge in [-0.2, -0.15) is 0 Å². The average Bonchev–Trinajstić information content (AvgIpc) is 2.99. The Balaban J connectivity index is 1.75. The van der Waals surface area contributed by atoms with Gasteiger partial charge >= 0.3 is 0 Å². The molecule has 18 heavy (non-hydrogen) atoms. The highest BCUT2D eigenvalue weighted by molar-refractivity contribution is 7.99. The van der Waals surface area contributed by atoms with Crippen LogP contribution in [0.1, 0.15) is 39.0 Å². The van der Waals surface area contributed by atoms with Crippen LogP contribution in [0, 0.1) is 0 Å². The Hall–Kier alpha value is -1.11. The van der Waals surface area contributed by atoms with Crippen molar-refractivity contribution in [2.24, 2.45) is 0 Å². The molecule has 0 saturated heterocycles. The first-order valence-corrected chi connectivity index (χ1v) is 7.46. The molecule has 100 valence electrons.